The highest BCUT2D eigenvalue weighted by Gasteiger charge is 2.28. The van der Waals surface area contributed by atoms with Gasteiger partial charge >= 0.3 is 6.03 Å². The zero-order valence-corrected chi connectivity index (χ0v) is 14.6. The second-order valence-corrected chi connectivity index (χ2v) is 6.84. The Hall–Kier alpha value is -2.32. The van der Waals surface area contributed by atoms with Gasteiger partial charge in [-0.3, -0.25) is 4.40 Å². The highest BCUT2D eigenvalue weighted by molar-refractivity contribution is 7.15. The predicted octanol–water partition coefficient (Wildman–Crippen LogP) is 2.31. The van der Waals surface area contributed by atoms with Crippen molar-refractivity contribution in [2.45, 2.75) is 32.9 Å². The highest BCUT2D eigenvalue weighted by atomic mass is 32.1. The number of imidazole rings is 1. The van der Waals surface area contributed by atoms with E-state index in [0.29, 0.717) is 17.9 Å². The largest absolute Gasteiger partial charge is 0.466 e. The van der Waals surface area contributed by atoms with Crippen molar-refractivity contribution in [2.24, 2.45) is 0 Å². The number of fused-ring (bicyclic) bond motifs is 1. The van der Waals surface area contributed by atoms with E-state index >= 15 is 0 Å². The summed E-state index contributed by atoms with van der Waals surface area (Å²) in [7, 11) is 0. The van der Waals surface area contributed by atoms with E-state index < -0.39 is 5.60 Å². The average molecular weight is 348 g/mol. The minimum atomic E-state index is -1.20. The zero-order chi connectivity index (χ0) is 17.3. The maximum absolute atomic E-state index is 11.9. The Labute approximate surface area is 143 Å². The summed E-state index contributed by atoms with van der Waals surface area (Å²) in [6, 6.07) is 1.43. The van der Waals surface area contributed by atoms with Crippen molar-refractivity contribution in [3.63, 3.8) is 0 Å². The molecule has 8 heteroatoms. The van der Waals surface area contributed by atoms with Gasteiger partial charge in [0.25, 0.3) is 0 Å². The molecule has 0 unspecified atom stereocenters. The minimum Gasteiger partial charge on any atom is -0.466 e. The number of aliphatic hydroxyl groups is 1. The number of hydrogen-bond donors (Lipinski definition) is 3. The number of hydrogen-bond acceptors (Lipinski definition) is 5. The van der Waals surface area contributed by atoms with Crippen molar-refractivity contribution in [3.05, 3.63) is 46.6 Å². The molecule has 0 saturated heterocycles. The van der Waals surface area contributed by atoms with Crippen LogP contribution in [0.25, 0.3) is 4.96 Å². The Bertz CT molecular complexity index is 833. The van der Waals surface area contributed by atoms with Gasteiger partial charge in [0, 0.05) is 23.3 Å². The van der Waals surface area contributed by atoms with Crippen LogP contribution in [0.2, 0.25) is 0 Å². The molecule has 0 aromatic carbocycles. The maximum Gasteiger partial charge on any atom is 0.315 e. The lowest BCUT2D eigenvalue weighted by atomic mass is 9.96. The number of urea groups is 1. The molecule has 1 atom stereocenters. The van der Waals surface area contributed by atoms with Crippen LogP contribution in [-0.4, -0.2) is 27.1 Å². The molecule has 0 aliphatic rings. The molecule has 7 nitrogen and oxygen atoms in total. The van der Waals surface area contributed by atoms with E-state index in [-0.39, 0.29) is 12.6 Å². The Kier molecular flexibility index (Phi) is 4.33. The summed E-state index contributed by atoms with van der Waals surface area (Å²) in [5.41, 5.74) is 0.260. The summed E-state index contributed by atoms with van der Waals surface area (Å²) in [4.78, 5) is 17.2. The number of amides is 2. The van der Waals surface area contributed by atoms with Crippen LogP contribution in [0.5, 0.6) is 0 Å². The Morgan fingerprint density at radius 1 is 1.46 bits per heavy atom. The van der Waals surface area contributed by atoms with Crippen LogP contribution in [0.15, 0.2) is 28.3 Å². The van der Waals surface area contributed by atoms with Gasteiger partial charge in [-0.05, 0) is 26.8 Å². The third kappa shape index (κ3) is 3.44. The van der Waals surface area contributed by atoms with E-state index in [1.807, 2.05) is 29.1 Å². The van der Waals surface area contributed by atoms with E-state index in [0.717, 1.165) is 16.4 Å². The number of thiazole rings is 1. The fourth-order valence-electron chi connectivity index (χ4n) is 2.61. The van der Waals surface area contributed by atoms with Gasteiger partial charge in [-0.15, -0.1) is 11.3 Å². The van der Waals surface area contributed by atoms with E-state index in [1.165, 1.54) is 11.3 Å². The Morgan fingerprint density at radius 2 is 2.25 bits per heavy atom. The molecule has 0 aliphatic heterocycles. The summed E-state index contributed by atoms with van der Waals surface area (Å²) in [6.45, 7) is 5.67. The monoisotopic (exact) mass is 348 g/mol. The topological polar surface area (TPSA) is 91.8 Å². The molecular formula is C16H20N4O3S. The predicted molar refractivity (Wildman–Crippen MR) is 91.1 cm³/mol. The number of nitrogens with zero attached hydrogens (tertiary/aromatic N) is 2. The summed E-state index contributed by atoms with van der Waals surface area (Å²) in [6.07, 6.45) is 3.79. The number of carbonyl (C=O) groups is 1. The van der Waals surface area contributed by atoms with Crippen molar-refractivity contribution in [3.8, 4) is 0 Å². The number of furan rings is 1. The molecule has 3 heterocycles. The molecule has 0 fully saturated rings. The molecule has 3 N–H and O–H groups in total. The lowest BCUT2D eigenvalue weighted by Crippen LogP contribution is -2.43. The van der Waals surface area contributed by atoms with E-state index in [1.54, 1.807) is 19.9 Å². The van der Waals surface area contributed by atoms with Crippen LogP contribution in [0.4, 0.5) is 4.79 Å². The molecule has 0 spiro atoms. The number of rotatable bonds is 5. The first-order valence-corrected chi connectivity index (χ1v) is 8.46. The van der Waals surface area contributed by atoms with Gasteiger partial charge < -0.3 is 20.2 Å². The third-order valence-corrected chi connectivity index (χ3v) is 4.56. The molecule has 24 heavy (non-hydrogen) atoms. The first-order valence-electron chi connectivity index (χ1n) is 7.58. The molecule has 3 aromatic heterocycles. The molecule has 0 aliphatic carbocycles. The van der Waals surface area contributed by atoms with Crippen molar-refractivity contribution >= 4 is 22.3 Å². The lowest BCUT2D eigenvalue weighted by Gasteiger charge is -2.23. The molecule has 3 rings (SSSR count). The maximum atomic E-state index is 11.9. The van der Waals surface area contributed by atoms with Gasteiger partial charge in [-0.1, -0.05) is 0 Å². The number of aryl methyl sites for hydroxylation is 2. The number of aromatic nitrogens is 2. The van der Waals surface area contributed by atoms with Crippen LogP contribution in [-0.2, 0) is 12.1 Å². The fourth-order valence-corrected chi connectivity index (χ4v) is 3.33. The normalized spacial score (nSPS) is 13.8. The molecule has 0 bridgehead atoms. The van der Waals surface area contributed by atoms with Crippen LogP contribution in [0.3, 0.4) is 0 Å². The van der Waals surface area contributed by atoms with Crippen LogP contribution >= 0.6 is 11.3 Å². The fraction of sp³-hybridized carbons (Fsp3) is 0.375. The third-order valence-electron chi connectivity index (χ3n) is 3.79. The van der Waals surface area contributed by atoms with Crippen LogP contribution in [0, 0.1) is 13.8 Å². The molecular weight excluding hydrogens is 328 g/mol. The first-order chi connectivity index (χ1) is 11.3. The molecule has 0 saturated carbocycles. The molecule has 2 amide bonds. The zero-order valence-electron chi connectivity index (χ0n) is 13.8. The van der Waals surface area contributed by atoms with Gasteiger partial charge in [-0.25, -0.2) is 9.78 Å². The summed E-state index contributed by atoms with van der Waals surface area (Å²) < 4.78 is 7.35. The van der Waals surface area contributed by atoms with Gasteiger partial charge in [0.15, 0.2) is 4.96 Å². The number of carbonyl (C=O) groups excluding carboxylic acids is 1. The van der Waals surface area contributed by atoms with Crippen molar-refractivity contribution < 1.29 is 14.3 Å². The second-order valence-electron chi connectivity index (χ2n) is 5.96. The van der Waals surface area contributed by atoms with Gasteiger partial charge in [0.05, 0.1) is 18.8 Å². The average Bonchev–Trinajstić information content (AvgIpc) is 3.17. The van der Waals surface area contributed by atoms with E-state index in [2.05, 4.69) is 15.6 Å². The molecule has 0 radical (unpaired) electrons. The summed E-state index contributed by atoms with van der Waals surface area (Å²) >= 11 is 1.54. The smallest absolute Gasteiger partial charge is 0.315 e. The van der Waals surface area contributed by atoms with Crippen molar-refractivity contribution in [1.82, 2.24) is 20.0 Å². The van der Waals surface area contributed by atoms with E-state index in [4.69, 9.17) is 4.42 Å². The Morgan fingerprint density at radius 3 is 2.92 bits per heavy atom. The molecule has 3 aromatic rings. The van der Waals surface area contributed by atoms with Gasteiger partial charge in [0.1, 0.15) is 17.1 Å². The molecule has 128 valence electrons. The van der Waals surface area contributed by atoms with E-state index in [9.17, 15) is 9.90 Å². The highest BCUT2D eigenvalue weighted by Crippen LogP contribution is 2.26. The minimum absolute atomic E-state index is 0.0803. The standard InChI is InChI=1S/C16H20N4O3S/c1-10-6-13(11(2)23-10)16(3,22)9-18-14(21)17-7-12-8-20-4-5-24-15(20)19-12/h4-6,8,22H,7,9H2,1-3H3,(H2,17,18,21)/t16-/m1/s1. The van der Waals surface area contributed by atoms with Crippen molar-refractivity contribution in [1.29, 1.82) is 0 Å². The summed E-state index contributed by atoms with van der Waals surface area (Å²) in [5.74, 6) is 1.38. The van der Waals surface area contributed by atoms with Crippen LogP contribution < -0.4 is 10.6 Å². The van der Waals surface area contributed by atoms with Gasteiger partial charge in [0.2, 0.25) is 0 Å². The summed E-state index contributed by atoms with van der Waals surface area (Å²) in [5, 5.41) is 17.9. The van der Waals surface area contributed by atoms with Crippen LogP contribution in [0.1, 0.15) is 29.7 Å². The number of nitrogens with one attached hydrogen (secondary N) is 2. The first kappa shape index (κ1) is 16.5. The SMILES string of the molecule is Cc1cc([C@](C)(O)CNC(=O)NCc2cn3ccsc3n2)c(C)o1. The van der Waals surface area contributed by atoms with Crippen molar-refractivity contribution in [2.75, 3.05) is 6.54 Å². The quantitative estimate of drug-likeness (QED) is 0.660. The Balaban J connectivity index is 1.53. The second kappa shape index (κ2) is 6.29. The lowest BCUT2D eigenvalue weighted by molar-refractivity contribution is 0.0579. The van der Waals surface area contributed by atoms with Gasteiger partial charge in [-0.2, -0.15) is 0 Å².